The van der Waals surface area contributed by atoms with Crippen LogP contribution in [0.15, 0.2) is 85.4 Å². The van der Waals surface area contributed by atoms with E-state index in [0.717, 1.165) is 32.1 Å². The first-order chi connectivity index (χ1) is 27.8. The van der Waals surface area contributed by atoms with Gasteiger partial charge in [0.1, 0.15) is 41.5 Å². The minimum atomic E-state index is -2.74. The first kappa shape index (κ1) is 42.8. The zero-order valence-electron chi connectivity index (χ0n) is 29.6. The van der Waals surface area contributed by atoms with Crippen LogP contribution in [0.3, 0.4) is 0 Å². The van der Waals surface area contributed by atoms with Gasteiger partial charge in [0.05, 0.1) is 11.1 Å². The van der Waals surface area contributed by atoms with E-state index in [1.165, 1.54) is 24.3 Å². The summed E-state index contributed by atoms with van der Waals surface area (Å²) in [5.74, 6) is -23.8. The first-order valence-corrected chi connectivity index (χ1v) is 16.7. The Kier molecular flexibility index (Phi) is 11.6. The molecule has 0 saturated heterocycles. The molecule has 2 aromatic carbocycles. The van der Waals surface area contributed by atoms with Crippen LogP contribution in [0.1, 0.15) is 44.2 Å². The minimum Gasteiger partial charge on any atom is -0.474 e. The number of nitrogens with zero attached hydrogens (tertiary/aromatic N) is 5. The molecule has 1 aliphatic carbocycles. The van der Waals surface area contributed by atoms with E-state index in [4.69, 9.17) is 26.5 Å². The van der Waals surface area contributed by atoms with Crippen molar-refractivity contribution in [2.24, 2.45) is 0 Å². The van der Waals surface area contributed by atoms with Gasteiger partial charge in [0, 0.05) is 22.0 Å². The van der Waals surface area contributed by atoms with Gasteiger partial charge in [-0.15, -0.1) is 0 Å². The van der Waals surface area contributed by atoms with E-state index in [1.54, 1.807) is 18.0 Å². The number of allylic oxidation sites excluding steroid dienone is 9. The summed E-state index contributed by atoms with van der Waals surface area (Å²) >= 11 is 6.71. The van der Waals surface area contributed by atoms with E-state index < -0.39 is 125 Å². The van der Waals surface area contributed by atoms with E-state index in [2.05, 4.69) is 0 Å². The molecule has 0 aromatic heterocycles. The van der Waals surface area contributed by atoms with Gasteiger partial charge in [-0.2, -0.15) is 26.3 Å². The highest BCUT2D eigenvalue weighted by Crippen LogP contribution is 2.51. The van der Waals surface area contributed by atoms with Crippen LogP contribution >= 0.6 is 11.6 Å². The number of hydrogen-bond donors (Lipinski definition) is 1. The van der Waals surface area contributed by atoms with Gasteiger partial charge in [-0.05, 0) is 44.3 Å². The van der Waals surface area contributed by atoms with Crippen LogP contribution in [0.4, 0.5) is 43.9 Å². The van der Waals surface area contributed by atoms with Crippen molar-refractivity contribution in [2.45, 2.75) is 44.3 Å². The van der Waals surface area contributed by atoms with E-state index >= 15 is 17.6 Å². The Hall–Kier alpha value is -7.29. The maximum Gasteiger partial charge on any atom is 0.200 e. The molecule has 1 N–H and O–H groups in total. The van der Waals surface area contributed by atoms with Crippen LogP contribution in [-0.4, -0.2) is 5.87 Å². The molecule has 2 aliphatic heterocycles. The van der Waals surface area contributed by atoms with Crippen LogP contribution in [0, 0.1) is 120 Å². The highest BCUT2D eigenvalue weighted by atomic mass is 35.5. The molecule has 19 heteroatoms. The van der Waals surface area contributed by atoms with Gasteiger partial charge >= 0.3 is 0 Å². The number of rotatable bonds is 6. The Bertz CT molecular complexity index is 2740. The number of halogens is 11. The van der Waals surface area contributed by atoms with Crippen molar-refractivity contribution < 1.29 is 53.4 Å². The molecule has 2 unspecified atom stereocenters. The van der Waals surface area contributed by atoms with Gasteiger partial charge in [-0.1, -0.05) is 35.9 Å². The molecule has 2 aromatic rings. The zero-order valence-corrected chi connectivity index (χ0v) is 30.4. The third kappa shape index (κ3) is 6.63. The van der Waals surface area contributed by atoms with Gasteiger partial charge in [0.25, 0.3) is 0 Å². The fraction of sp³-hybridized carbons (Fsp3) is 0.175. The molecule has 0 radical (unpaired) electrons. The second-order valence-electron chi connectivity index (χ2n) is 12.7. The molecule has 0 fully saturated rings. The van der Waals surface area contributed by atoms with Crippen molar-refractivity contribution >= 4 is 17.5 Å². The predicted molar refractivity (Wildman–Crippen MR) is 182 cm³/mol. The molecule has 8 nitrogen and oxygen atoms in total. The molecular formula is C40H17ClF10N6O2. The zero-order chi connectivity index (χ0) is 43.9. The highest BCUT2D eigenvalue weighted by Gasteiger charge is 2.51. The van der Waals surface area contributed by atoms with Crippen LogP contribution in [0.25, 0.3) is 0 Å². The lowest BCUT2D eigenvalue weighted by molar-refractivity contribution is 0.0656. The van der Waals surface area contributed by atoms with E-state index in [-0.39, 0.29) is 35.4 Å². The maximum atomic E-state index is 15.3. The number of ether oxygens (including phenoxy) is 2. The Morgan fingerprint density at radius 3 is 1.59 bits per heavy atom. The lowest BCUT2D eigenvalue weighted by Gasteiger charge is -2.28. The topological polar surface area (TPSA) is 161 Å². The average Bonchev–Trinajstić information content (AvgIpc) is 3.67. The molecule has 59 heavy (non-hydrogen) atoms. The van der Waals surface area contributed by atoms with Crippen molar-refractivity contribution in [1.29, 1.82) is 31.7 Å². The molecule has 5 rings (SSSR count). The normalized spacial score (nSPS) is 21.5. The Morgan fingerprint density at radius 1 is 0.644 bits per heavy atom. The summed E-state index contributed by atoms with van der Waals surface area (Å²) < 4.78 is 158. The van der Waals surface area contributed by atoms with E-state index in [0.29, 0.717) is 0 Å². The first-order valence-electron chi connectivity index (χ1n) is 16.3. The molecular weight excluding hydrogens is 822 g/mol. The molecule has 0 amide bonds. The highest BCUT2D eigenvalue weighted by molar-refractivity contribution is 6.32. The standard InChI is InChI=1S/C40H17ClF10N6O2/c1-39(24-27(42)31(46)35(50)32(47)28(24)43)22(20(14-56)37(58-39)18(10-52)11-53)8-6-16-4-3-5-17(26(16)41)7-9-23-21(15-57)38(19(12-54)13-55)59-40(23,2)25-29(44)33(48)36(51)34(49)30(25)45/h6-9,52H,3-5H2,1-2H3/b9-7+,16-6+,22-8+. The number of nitrogens with one attached hydrogen (secondary N) is 1. The van der Waals surface area contributed by atoms with Crippen molar-refractivity contribution in [3.05, 3.63) is 155 Å². The summed E-state index contributed by atoms with van der Waals surface area (Å²) in [6.45, 7) is 1.66. The van der Waals surface area contributed by atoms with E-state index in [1.807, 2.05) is 0 Å². The lowest BCUT2D eigenvalue weighted by atomic mass is 9.83. The summed E-state index contributed by atoms with van der Waals surface area (Å²) in [6.07, 6.45) is 4.74. The maximum absolute atomic E-state index is 15.3. The van der Waals surface area contributed by atoms with Gasteiger partial charge in [-0.25, -0.2) is 43.9 Å². The van der Waals surface area contributed by atoms with E-state index in [9.17, 15) is 52.7 Å². The Labute approximate surface area is 331 Å². The largest absolute Gasteiger partial charge is 0.474 e. The Morgan fingerprint density at radius 2 is 1.14 bits per heavy atom. The number of hydrogen-bond acceptors (Lipinski definition) is 8. The molecule has 0 saturated carbocycles. The predicted octanol–water partition coefficient (Wildman–Crippen LogP) is 9.95. The van der Waals surface area contributed by atoms with Crippen LogP contribution < -0.4 is 0 Å². The van der Waals surface area contributed by atoms with Crippen LogP contribution in [-0.2, 0) is 20.7 Å². The summed E-state index contributed by atoms with van der Waals surface area (Å²) in [7, 11) is 0. The second-order valence-corrected chi connectivity index (χ2v) is 13.1. The number of benzene rings is 2. The average molecular weight is 839 g/mol. The quantitative estimate of drug-likeness (QED) is 0.0996. The molecule has 3 aliphatic rings. The summed E-state index contributed by atoms with van der Waals surface area (Å²) in [4.78, 5) is 0. The smallest absolute Gasteiger partial charge is 0.200 e. The van der Waals surface area contributed by atoms with Crippen LogP contribution in [0.2, 0.25) is 0 Å². The van der Waals surface area contributed by atoms with Crippen molar-refractivity contribution in [3.8, 4) is 30.3 Å². The second kappa shape index (κ2) is 15.9. The Balaban J connectivity index is 1.73. The monoisotopic (exact) mass is 838 g/mol. The van der Waals surface area contributed by atoms with Crippen molar-refractivity contribution in [1.82, 2.24) is 0 Å². The summed E-state index contributed by atoms with van der Waals surface area (Å²) in [5.41, 5.74) is -12.5. The van der Waals surface area contributed by atoms with Crippen LogP contribution in [0.5, 0.6) is 0 Å². The molecule has 0 bridgehead atoms. The molecule has 2 atom stereocenters. The summed E-state index contributed by atoms with van der Waals surface area (Å²) in [5, 5.41) is 55.9. The minimum absolute atomic E-state index is 0.109. The third-order valence-electron chi connectivity index (χ3n) is 9.50. The van der Waals surface area contributed by atoms with Crippen molar-refractivity contribution in [2.75, 3.05) is 0 Å². The fourth-order valence-electron chi connectivity index (χ4n) is 6.66. The third-order valence-corrected chi connectivity index (χ3v) is 9.99. The van der Waals surface area contributed by atoms with Gasteiger partial charge in [0.2, 0.25) is 11.6 Å². The van der Waals surface area contributed by atoms with Gasteiger partial charge < -0.3 is 9.47 Å². The molecule has 296 valence electrons. The van der Waals surface area contributed by atoms with Gasteiger partial charge in [0.15, 0.2) is 80.4 Å². The number of nitriles is 5. The lowest BCUT2D eigenvalue weighted by Crippen LogP contribution is -2.29. The molecule has 2 heterocycles. The SMILES string of the molecule is CC1(c2c(F)c(F)c(F)c(F)c2F)OC(=C(C#N)C#N)C(C#N)=C1/C=C/C1=C(Cl)C(=C/C=C2\C(C#N)=C(C(=C=N)C#N)OC2(C)c2c(F)c(F)c(F)c(F)c2F)/CCC1. The van der Waals surface area contributed by atoms with Crippen molar-refractivity contribution in [3.63, 3.8) is 0 Å². The molecule has 0 spiro atoms. The van der Waals surface area contributed by atoms with Gasteiger partial charge in [-0.3, -0.25) is 5.41 Å². The summed E-state index contributed by atoms with van der Waals surface area (Å²) in [6, 6.07) is 7.58. The fourth-order valence-corrected chi connectivity index (χ4v) is 6.97.